The standard InChI is InChI=1S/C11H9NO.C2H6/c13-12-8-6-11(7-9-12)10-4-2-1-3-5-10;1-2/h1-9H;1-2H3. The lowest BCUT2D eigenvalue weighted by molar-refractivity contribution is -0.605. The zero-order valence-corrected chi connectivity index (χ0v) is 9.05. The maximum atomic E-state index is 10.8. The lowest BCUT2D eigenvalue weighted by Gasteiger charge is -1.99. The van der Waals surface area contributed by atoms with Gasteiger partial charge in [-0.15, -0.1) is 0 Å². The van der Waals surface area contributed by atoms with Crippen LogP contribution in [0.25, 0.3) is 11.1 Å². The topological polar surface area (TPSA) is 26.9 Å². The second-order valence-electron chi connectivity index (χ2n) is 2.81. The first kappa shape index (κ1) is 11.2. The zero-order valence-electron chi connectivity index (χ0n) is 9.05. The molecule has 0 bridgehead atoms. The molecule has 0 saturated carbocycles. The third kappa shape index (κ3) is 3.09. The highest BCUT2D eigenvalue weighted by atomic mass is 16.5. The average Bonchev–Trinajstić information content (AvgIpc) is 2.34. The quantitative estimate of drug-likeness (QED) is 0.514. The van der Waals surface area contributed by atoms with Gasteiger partial charge < -0.3 is 5.21 Å². The third-order valence-electron chi connectivity index (χ3n) is 1.91. The molecule has 0 saturated heterocycles. The Kier molecular flexibility index (Phi) is 4.35. The molecule has 0 aliphatic heterocycles. The van der Waals surface area contributed by atoms with E-state index in [4.69, 9.17) is 0 Å². The van der Waals surface area contributed by atoms with Gasteiger partial charge in [0.1, 0.15) is 0 Å². The molecule has 0 amide bonds. The van der Waals surface area contributed by atoms with E-state index in [1.807, 2.05) is 56.3 Å². The highest BCUT2D eigenvalue weighted by Crippen LogP contribution is 2.16. The first-order valence-corrected chi connectivity index (χ1v) is 5.10. The van der Waals surface area contributed by atoms with E-state index in [2.05, 4.69) is 0 Å². The van der Waals surface area contributed by atoms with Gasteiger partial charge in [0, 0.05) is 12.1 Å². The molecular formula is C13H15NO. The van der Waals surface area contributed by atoms with Gasteiger partial charge in [0.05, 0.1) is 0 Å². The van der Waals surface area contributed by atoms with E-state index in [1.165, 1.54) is 12.4 Å². The number of benzene rings is 1. The molecule has 2 nitrogen and oxygen atoms in total. The van der Waals surface area contributed by atoms with Crippen molar-refractivity contribution >= 4 is 0 Å². The fraction of sp³-hybridized carbons (Fsp3) is 0.154. The molecule has 2 rings (SSSR count). The fourth-order valence-electron chi connectivity index (χ4n) is 1.24. The van der Waals surface area contributed by atoms with Gasteiger partial charge in [0.2, 0.25) is 0 Å². The van der Waals surface area contributed by atoms with Gasteiger partial charge >= 0.3 is 0 Å². The van der Waals surface area contributed by atoms with Crippen molar-refractivity contribution in [2.24, 2.45) is 0 Å². The molecule has 2 aromatic rings. The van der Waals surface area contributed by atoms with Crippen molar-refractivity contribution in [2.45, 2.75) is 13.8 Å². The van der Waals surface area contributed by atoms with E-state index in [9.17, 15) is 5.21 Å². The van der Waals surface area contributed by atoms with Crippen molar-refractivity contribution in [3.8, 4) is 11.1 Å². The molecule has 15 heavy (non-hydrogen) atoms. The zero-order chi connectivity index (χ0) is 11.1. The molecule has 0 spiro atoms. The molecule has 0 aliphatic carbocycles. The lowest BCUT2D eigenvalue weighted by atomic mass is 10.1. The van der Waals surface area contributed by atoms with E-state index in [1.54, 1.807) is 0 Å². The van der Waals surface area contributed by atoms with Crippen LogP contribution in [0.5, 0.6) is 0 Å². The number of hydrogen-bond donors (Lipinski definition) is 0. The summed E-state index contributed by atoms with van der Waals surface area (Å²) < 4.78 is 0.784. The largest absolute Gasteiger partial charge is 0.619 e. The van der Waals surface area contributed by atoms with Gasteiger partial charge in [0.25, 0.3) is 0 Å². The summed E-state index contributed by atoms with van der Waals surface area (Å²) >= 11 is 0. The van der Waals surface area contributed by atoms with Gasteiger partial charge in [-0.2, -0.15) is 4.73 Å². The highest BCUT2D eigenvalue weighted by molar-refractivity contribution is 5.61. The Morgan fingerprint density at radius 3 is 1.80 bits per heavy atom. The van der Waals surface area contributed by atoms with E-state index in [0.29, 0.717) is 0 Å². The van der Waals surface area contributed by atoms with Crippen LogP contribution in [0.3, 0.4) is 0 Å². The summed E-state index contributed by atoms with van der Waals surface area (Å²) in [5.74, 6) is 0. The fourth-order valence-corrected chi connectivity index (χ4v) is 1.24. The van der Waals surface area contributed by atoms with E-state index in [0.717, 1.165) is 15.9 Å². The second kappa shape index (κ2) is 5.81. The van der Waals surface area contributed by atoms with Gasteiger partial charge in [-0.25, -0.2) is 0 Å². The summed E-state index contributed by atoms with van der Waals surface area (Å²) in [6.07, 6.45) is 3.00. The summed E-state index contributed by atoms with van der Waals surface area (Å²) in [5, 5.41) is 10.8. The molecule has 0 atom stereocenters. The van der Waals surface area contributed by atoms with Gasteiger partial charge in [-0.05, 0) is 11.1 Å². The SMILES string of the molecule is CC.[O-][n+]1ccc(-c2ccccc2)cc1. The Balaban J connectivity index is 0.000000531. The summed E-state index contributed by atoms with van der Waals surface area (Å²) in [4.78, 5) is 0. The molecule has 0 N–H and O–H groups in total. The number of rotatable bonds is 1. The van der Waals surface area contributed by atoms with Crippen molar-refractivity contribution in [2.75, 3.05) is 0 Å². The highest BCUT2D eigenvalue weighted by Gasteiger charge is 1.96. The first-order chi connectivity index (χ1) is 7.36. The van der Waals surface area contributed by atoms with Crippen molar-refractivity contribution in [1.82, 2.24) is 0 Å². The predicted octanol–water partition coefficient (Wildman–Crippen LogP) is 3.01. The Bertz CT molecular complexity index is 381. The van der Waals surface area contributed by atoms with Crippen LogP contribution in [0, 0.1) is 5.21 Å². The van der Waals surface area contributed by atoms with Crippen LogP contribution in [0.1, 0.15) is 13.8 Å². The van der Waals surface area contributed by atoms with Crippen LogP contribution in [-0.2, 0) is 0 Å². The van der Waals surface area contributed by atoms with Crippen molar-refractivity contribution in [1.29, 1.82) is 0 Å². The van der Waals surface area contributed by atoms with Crippen LogP contribution in [-0.4, -0.2) is 0 Å². The minimum atomic E-state index is 0.784. The molecule has 0 fully saturated rings. The molecule has 1 heterocycles. The van der Waals surface area contributed by atoms with Crippen molar-refractivity contribution in [3.63, 3.8) is 0 Å². The smallest absolute Gasteiger partial charge is 0.180 e. The van der Waals surface area contributed by atoms with Crippen molar-refractivity contribution in [3.05, 3.63) is 60.1 Å². The first-order valence-electron chi connectivity index (χ1n) is 5.10. The van der Waals surface area contributed by atoms with Gasteiger partial charge in [-0.1, -0.05) is 44.2 Å². The molecule has 78 valence electrons. The second-order valence-corrected chi connectivity index (χ2v) is 2.81. The molecular weight excluding hydrogens is 186 g/mol. The minimum Gasteiger partial charge on any atom is -0.619 e. The molecule has 2 heteroatoms. The van der Waals surface area contributed by atoms with E-state index >= 15 is 0 Å². The average molecular weight is 201 g/mol. The maximum absolute atomic E-state index is 10.8. The van der Waals surface area contributed by atoms with Crippen LogP contribution in [0.2, 0.25) is 0 Å². The number of nitrogens with zero attached hydrogens (tertiary/aromatic N) is 1. The van der Waals surface area contributed by atoms with Crippen LogP contribution < -0.4 is 4.73 Å². The lowest BCUT2D eigenvalue weighted by Crippen LogP contribution is -2.23. The number of aromatic nitrogens is 1. The number of pyridine rings is 1. The Morgan fingerprint density at radius 2 is 1.27 bits per heavy atom. The Labute approximate surface area is 90.4 Å². The molecule has 0 aliphatic rings. The van der Waals surface area contributed by atoms with Gasteiger partial charge in [-0.3, -0.25) is 0 Å². The molecule has 0 unspecified atom stereocenters. The third-order valence-corrected chi connectivity index (χ3v) is 1.91. The molecule has 1 aromatic carbocycles. The molecule has 1 aromatic heterocycles. The monoisotopic (exact) mass is 201 g/mol. The Hall–Kier alpha value is -1.83. The van der Waals surface area contributed by atoms with Crippen molar-refractivity contribution < 1.29 is 4.73 Å². The summed E-state index contributed by atoms with van der Waals surface area (Å²) in [6, 6.07) is 13.6. The number of hydrogen-bond acceptors (Lipinski definition) is 1. The van der Waals surface area contributed by atoms with Crippen LogP contribution in [0.15, 0.2) is 54.9 Å². The summed E-state index contributed by atoms with van der Waals surface area (Å²) in [6.45, 7) is 4.00. The maximum Gasteiger partial charge on any atom is 0.180 e. The Morgan fingerprint density at radius 1 is 0.800 bits per heavy atom. The molecule has 0 radical (unpaired) electrons. The van der Waals surface area contributed by atoms with Crippen LogP contribution in [0.4, 0.5) is 0 Å². The van der Waals surface area contributed by atoms with E-state index < -0.39 is 0 Å². The minimum absolute atomic E-state index is 0.784. The summed E-state index contributed by atoms with van der Waals surface area (Å²) in [7, 11) is 0. The van der Waals surface area contributed by atoms with Gasteiger partial charge in [0.15, 0.2) is 12.4 Å². The summed E-state index contributed by atoms with van der Waals surface area (Å²) in [5.41, 5.74) is 2.19. The van der Waals surface area contributed by atoms with E-state index in [-0.39, 0.29) is 0 Å². The predicted molar refractivity (Wildman–Crippen MR) is 62.2 cm³/mol. The normalized spacial score (nSPS) is 8.93. The van der Waals surface area contributed by atoms with Crippen LogP contribution >= 0.6 is 0 Å².